The van der Waals surface area contributed by atoms with E-state index in [-0.39, 0.29) is 6.10 Å². The number of hydrogen-bond acceptors (Lipinski definition) is 2. The normalized spacial score (nSPS) is 22.9. The molecule has 19 heavy (non-hydrogen) atoms. The second-order valence-electron chi connectivity index (χ2n) is 4.93. The lowest BCUT2D eigenvalue weighted by Crippen LogP contribution is -2.30. The molecule has 0 saturated heterocycles. The van der Waals surface area contributed by atoms with E-state index in [1.807, 2.05) is 0 Å². The Bertz CT molecular complexity index is 445. The number of rotatable bonds is 2. The first-order valence-corrected chi connectivity index (χ1v) is 7.25. The number of amides is 1. The van der Waals surface area contributed by atoms with Crippen molar-refractivity contribution in [3.8, 4) is 0 Å². The van der Waals surface area contributed by atoms with Gasteiger partial charge < -0.3 is 4.74 Å². The van der Waals surface area contributed by atoms with Crippen molar-refractivity contribution in [2.24, 2.45) is 5.92 Å². The first kappa shape index (κ1) is 14.5. The molecule has 5 heteroatoms. The molecule has 1 N–H and O–H groups in total. The topological polar surface area (TPSA) is 38.3 Å². The minimum atomic E-state index is -0.492. The summed E-state index contributed by atoms with van der Waals surface area (Å²) >= 11 is 12.0. The van der Waals surface area contributed by atoms with Gasteiger partial charge in [-0.2, -0.15) is 0 Å². The van der Waals surface area contributed by atoms with Crippen LogP contribution in [0, 0.1) is 5.92 Å². The lowest BCUT2D eigenvalue weighted by Gasteiger charge is -2.28. The summed E-state index contributed by atoms with van der Waals surface area (Å²) in [7, 11) is 0. The van der Waals surface area contributed by atoms with E-state index in [1.165, 1.54) is 6.42 Å². The Labute approximate surface area is 123 Å². The zero-order valence-electron chi connectivity index (χ0n) is 10.8. The molecule has 3 nitrogen and oxygen atoms in total. The molecule has 0 bridgehead atoms. The van der Waals surface area contributed by atoms with Crippen LogP contribution in [0.15, 0.2) is 18.2 Å². The van der Waals surface area contributed by atoms with Crippen LogP contribution in [0.4, 0.5) is 10.5 Å². The minimum Gasteiger partial charge on any atom is -0.446 e. The Balaban J connectivity index is 1.97. The smallest absolute Gasteiger partial charge is 0.411 e. The number of benzene rings is 1. The maximum absolute atomic E-state index is 11.9. The highest BCUT2D eigenvalue weighted by Crippen LogP contribution is 2.31. The summed E-state index contributed by atoms with van der Waals surface area (Å²) in [5.41, 5.74) is 0.402. The van der Waals surface area contributed by atoms with Crippen molar-refractivity contribution in [1.29, 1.82) is 0 Å². The maximum atomic E-state index is 11.9. The van der Waals surface area contributed by atoms with Gasteiger partial charge in [0.05, 0.1) is 15.7 Å². The zero-order chi connectivity index (χ0) is 13.8. The third-order valence-corrected chi connectivity index (χ3v) is 4.11. The maximum Gasteiger partial charge on any atom is 0.411 e. The highest BCUT2D eigenvalue weighted by molar-refractivity contribution is 6.39. The van der Waals surface area contributed by atoms with Crippen LogP contribution in [0.3, 0.4) is 0 Å². The van der Waals surface area contributed by atoms with E-state index in [2.05, 4.69) is 12.2 Å². The molecule has 1 aromatic carbocycles. The van der Waals surface area contributed by atoms with E-state index in [0.29, 0.717) is 21.7 Å². The van der Waals surface area contributed by atoms with Crippen molar-refractivity contribution in [1.82, 2.24) is 0 Å². The number of ether oxygens (including phenoxy) is 1. The molecular weight excluding hydrogens is 285 g/mol. The molecular formula is C14H17Cl2NO2. The number of carbonyl (C=O) groups is 1. The van der Waals surface area contributed by atoms with Gasteiger partial charge in [0, 0.05) is 0 Å². The molecule has 0 heterocycles. The van der Waals surface area contributed by atoms with E-state index in [4.69, 9.17) is 27.9 Å². The highest BCUT2D eigenvalue weighted by atomic mass is 35.5. The van der Waals surface area contributed by atoms with Gasteiger partial charge in [0.15, 0.2) is 0 Å². The van der Waals surface area contributed by atoms with Gasteiger partial charge in [0.2, 0.25) is 0 Å². The standard InChI is InChI=1S/C14H17Cl2NO2/c1-9-5-2-3-8-12(9)19-14(18)17-13-10(15)6-4-7-11(13)16/h4,6-7,9,12H,2-3,5,8H2,1H3,(H,17,18)/t9-,12-/m0/s1. The van der Waals surface area contributed by atoms with Crippen LogP contribution in [0.25, 0.3) is 0 Å². The summed E-state index contributed by atoms with van der Waals surface area (Å²) < 4.78 is 5.45. The van der Waals surface area contributed by atoms with Gasteiger partial charge in [-0.05, 0) is 37.3 Å². The average Bonchev–Trinajstić information content (AvgIpc) is 2.37. The van der Waals surface area contributed by atoms with Gasteiger partial charge in [-0.25, -0.2) is 4.79 Å². The molecule has 0 radical (unpaired) electrons. The fourth-order valence-corrected chi connectivity index (χ4v) is 2.84. The number of halogens is 2. The molecule has 1 saturated carbocycles. The molecule has 1 fully saturated rings. The van der Waals surface area contributed by atoms with E-state index in [0.717, 1.165) is 19.3 Å². The number of carbonyl (C=O) groups excluding carboxylic acids is 1. The molecule has 1 aliphatic rings. The first-order chi connectivity index (χ1) is 9.08. The number of anilines is 1. The van der Waals surface area contributed by atoms with Gasteiger partial charge in [-0.1, -0.05) is 42.6 Å². The monoisotopic (exact) mass is 301 g/mol. The van der Waals surface area contributed by atoms with Crippen molar-refractivity contribution < 1.29 is 9.53 Å². The van der Waals surface area contributed by atoms with Crippen molar-refractivity contribution in [2.75, 3.05) is 5.32 Å². The Kier molecular flexibility index (Phi) is 4.94. The van der Waals surface area contributed by atoms with Crippen LogP contribution < -0.4 is 5.32 Å². The SMILES string of the molecule is C[C@H]1CCCC[C@@H]1OC(=O)Nc1c(Cl)cccc1Cl. The molecule has 0 unspecified atom stereocenters. The molecule has 1 amide bonds. The third kappa shape index (κ3) is 3.77. The number of nitrogens with one attached hydrogen (secondary N) is 1. The summed E-state index contributed by atoms with van der Waals surface area (Å²) in [6, 6.07) is 5.07. The third-order valence-electron chi connectivity index (χ3n) is 3.48. The molecule has 0 aliphatic heterocycles. The first-order valence-electron chi connectivity index (χ1n) is 6.49. The summed E-state index contributed by atoms with van der Waals surface area (Å²) in [6.07, 6.45) is 3.83. The van der Waals surface area contributed by atoms with Gasteiger partial charge >= 0.3 is 6.09 Å². The van der Waals surface area contributed by atoms with Gasteiger partial charge in [-0.15, -0.1) is 0 Å². The molecule has 1 aromatic rings. The van der Waals surface area contributed by atoms with Crippen LogP contribution in [-0.4, -0.2) is 12.2 Å². The van der Waals surface area contributed by atoms with Crippen LogP contribution in [0.2, 0.25) is 10.0 Å². The summed E-state index contributed by atoms with van der Waals surface area (Å²) in [6.45, 7) is 2.11. The van der Waals surface area contributed by atoms with Crippen LogP contribution >= 0.6 is 23.2 Å². The van der Waals surface area contributed by atoms with E-state index >= 15 is 0 Å². The average molecular weight is 302 g/mol. The Morgan fingerprint density at radius 3 is 2.53 bits per heavy atom. The van der Waals surface area contributed by atoms with Crippen LogP contribution in [0.5, 0.6) is 0 Å². The summed E-state index contributed by atoms with van der Waals surface area (Å²) in [5, 5.41) is 3.43. The van der Waals surface area contributed by atoms with E-state index in [1.54, 1.807) is 18.2 Å². The predicted molar refractivity (Wildman–Crippen MR) is 78.0 cm³/mol. The van der Waals surface area contributed by atoms with Crippen molar-refractivity contribution >= 4 is 35.0 Å². The quantitative estimate of drug-likeness (QED) is 0.823. The molecule has 2 rings (SSSR count). The van der Waals surface area contributed by atoms with E-state index < -0.39 is 6.09 Å². The van der Waals surface area contributed by atoms with Gasteiger partial charge in [-0.3, -0.25) is 5.32 Å². The Morgan fingerprint density at radius 2 is 1.89 bits per heavy atom. The molecule has 0 aromatic heterocycles. The molecule has 1 aliphatic carbocycles. The highest BCUT2D eigenvalue weighted by Gasteiger charge is 2.25. The molecule has 104 valence electrons. The fraction of sp³-hybridized carbons (Fsp3) is 0.500. The second kappa shape index (κ2) is 6.49. The van der Waals surface area contributed by atoms with Crippen molar-refractivity contribution in [3.63, 3.8) is 0 Å². The fourth-order valence-electron chi connectivity index (χ4n) is 2.34. The molecule has 0 spiro atoms. The zero-order valence-corrected chi connectivity index (χ0v) is 12.3. The Morgan fingerprint density at radius 1 is 1.26 bits per heavy atom. The lowest BCUT2D eigenvalue weighted by molar-refractivity contribution is 0.0524. The second-order valence-corrected chi connectivity index (χ2v) is 5.74. The summed E-state index contributed by atoms with van der Waals surface area (Å²) in [5.74, 6) is 0.404. The van der Waals surface area contributed by atoms with Gasteiger partial charge in [0.25, 0.3) is 0 Å². The lowest BCUT2D eigenvalue weighted by atomic mass is 9.88. The largest absolute Gasteiger partial charge is 0.446 e. The minimum absolute atomic E-state index is 0.0185. The summed E-state index contributed by atoms with van der Waals surface area (Å²) in [4.78, 5) is 11.9. The van der Waals surface area contributed by atoms with Crippen molar-refractivity contribution in [3.05, 3.63) is 28.2 Å². The van der Waals surface area contributed by atoms with Gasteiger partial charge in [0.1, 0.15) is 6.10 Å². The van der Waals surface area contributed by atoms with Crippen LogP contribution in [0.1, 0.15) is 32.6 Å². The van der Waals surface area contributed by atoms with E-state index in [9.17, 15) is 4.79 Å². The molecule has 2 atom stereocenters. The predicted octanol–water partition coefficient (Wildman–Crippen LogP) is 5.12. The van der Waals surface area contributed by atoms with Crippen LogP contribution in [-0.2, 0) is 4.74 Å². The van der Waals surface area contributed by atoms with Crippen molar-refractivity contribution in [2.45, 2.75) is 38.7 Å². The number of para-hydroxylation sites is 1. The Hall–Kier alpha value is -0.930. The number of hydrogen-bond donors (Lipinski definition) is 1.